The van der Waals surface area contributed by atoms with Crippen LogP contribution >= 0.6 is 0 Å². The average molecular weight is 299 g/mol. The van der Waals surface area contributed by atoms with Gasteiger partial charge in [0.1, 0.15) is 0 Å². The van der Waals surface area contributed by atoms with E-state index in [2.05, 4.69) is 13.8 Å². The first-order valence-electron chi connectivity index (χ1n) is 9.96. The molecule has 0 heterocycles. The van der Waals surface area contributed by atoms with E-state index in [1.165, 1.54) is 96.3 Å². The van der Waals surface area contributed by atoms with Crippen LogP contribution in [0, 0.1) is 5.92 Å². The summed E-state index contributed by atoms with van der Waals surface area (Å²) in [4.78, 5) is 0. The van der Waals surface area contributed by atoms with Gasteiger partial charge in [0.15, 0.2) is 0 Å². The van der Waals surface area contributed by atoms with E-state index in [1.54, 1.807) is 0 Å². The highest BCUT2D eigenvalue weighted by molar-refractivity contribution is 4.59. The van der Waals surface area contributed by atoms with Crippen molar-refractivity contribution in [2.75, 3.05) is 6.61 Å². The van der Waals surface area contributed by atoms with Gasteiger partial charge in [0, 0.05) is 6.61 Å². The van der Waals surface area contributed by atoms with Gasteiger partial charge in [-0.3, -0.25) is 0 Å². The summed E-state index contributed by atoms with van der Waals surface area (Å²) in [5, 5.41) is 8.70. The maximum atomic E-state index is 8.70. The molecule has 0 saturated carbocycles. The summed E-state index contributed by atoms with van der Waals surface area (Å²) in [6, 6.07) is 0. The predicted molar refractivity (Wildman–Crippen MR) is 95.8 cm³/mol. The summed E-state index contributed by atoms with van der Waals surface area (Å²) in [6.45, 7) is 5.02. The zero-order valence-corrected chi connectivity index (χ0v) is 15.0. The standard InChI is InChI=1S/C20H42O/c1-3-16-20(17-4-2)18-14-12-10-8-6-5-7-9-11-13-15-19-21/h20-21H,3-19H2,1-2H3. The molecule has 0 fully saturated rings. The van der Waals surface area contributed by atoms with Crippen molar-refractivity contribution in [1.29, 1.82) is 0 Å². The Morgan fingerprint density at radius 1 is 0.524 bits per heavy atom. The lowest BCUT2D eigenvalue weighted by Gasteiger charge is -2.14. The van der Waals surface area contributed by atoms with Crippen molar-refractivity contribution >= 4 is 0 Å². The number of hydrogen-bond acceptors (Lipinski definition) is 1. The van der Waals surface area contributed by atoms with Gasteiger partial charge < -0.3 is 5.11 Å². The minimum Gasteiger partial charge on any atom is -0.396 e. The third-order valence-electron chi connectivity index (χ3n) is 4.66. The summed E-state index contributed by atoms with van der Waals surface area (Å²) >= 11 is 0. The maximum absolute atomic E-state index is 8.70. The highest BCUT2D eigenvalue weighted by atomic mass is 16.2. The van der Waals surface area contributed by atoms with Crippen LogP contribution in [0.1, 0.15) is 117 Å². The van der Waals surface area contributed by atoms with Crippen LogP contribution in [0.4, 0.5) is 0 Å². The molecule has 0 amide bonds. The molecular formula is C20H42O. The van der Waals surface area contributed by atoms with Gasteiger partial charge >= 0.3 is 0 Å². The zero-order valence-electron chi connectivity index (χ0n) is 15.0. The molecule has 0 aromatic carbocycles. The molecule has 128 valence electrons. The fourth-order valence-electron chi connectivity index (χ4n) is 3.39. The summed E-state index contributed by atoms with van der Waals surface area (Å²) < 4.78 is 0. The lowest BCUT2D eigenvalue weighted by molar-refractivity contribution is 0.282. The van der Waals surface area contributed by atoms with Crippen molar-refractivity contribution in [3.8, 4) is 0 Å². The van der Waals surface area contributed by atoms with E-state index in [4.69, 9.17) is 5.11 Å². The van der Waals surface area contributed by atoms with Crippen molar-refractivity contribution in [1.82, 2.24) is 0 Å². The Balaban J connectivity index is 3.17. The van der Waals surface area contributed by atoms with Gasteiger partial charge in [0.25, 0.3) is 0 Å². The van der Waals surface area contributed by atoms with Gasteiger partial charge in [0.2, 0.25) is 0 Å². The quantitative estimate of drug-likeness (QED) is 0.290. The van der Waals surface area contributed by atoms with E-state index in [0.717, 1.165) is 12.3 Å². The highest BCUT2D eigenvalue weighted by Crippen LogP contribution is 2.21. The van der Waals surface area contributed by atoms with Gasteiger partial charge in [-0.1, -0.05) is 110 Å². The molecule has 0 aliphatic rings. The normalized spacial score (nSPS) is 11.4. The van der Waals surface area contributed by atoms with Crippen LogP contribution in [-0.2, 0) is 0 Å². The molecule has 0 aromatic heterocycles. The molecule has 0 saturated heterocycles. The summed E-state index contributed by atoms with van der Waals surface area (Å²) in [7, 11) is 0. The first-order valence-corrected chi connectivity index (χ1v) is 9.96. The minimum atomic E-state index is 0.372. The monoisotopic (exact) mass is 298 g/mol. The van der Waals surface area contributed by atoms with E-state index in [9.17, 15) is 0 Å². The van der Waals surface area contributed by atoms with Crippen LogP contribution in [0.3, 0.4) is 0 Å². The van der Waals surface area contributed by atoms with Crippen molar-refractivity contribution < 1.29 is 5.11 Å². The Kier molecular flexibility index (Phi) is 18.0. The second-order valence-electron chi connectivity index (χ2n) is 6.84. The van der Waals surface area contributed by atoms with Gasteiger partial charge in [0.05, 0.1) is 0 Å². The zero-order chi connectivity index (χ0) is 15.6. The summed E-state index contributed by atoms with van der Waals surface area (Å²) in [5.74, 6) is 1.01. The van der Waals surface area contributed by atoms with Gasteiger partial charge in [-0.2, -0.15) is 0 Å². The Morgan fingerprint density at radius 2 is 0.905 bits per heavy atom. The second-order valence-corrected chi connectivity index (χ2v) is 6.84. The Hall–Kier alpha value is -0.0400. The average Bonchev–Trinajstić information content (AvgIpc) is 2.48. The molecule has 1 N–H and O–H groups in total. The van der Waals surface area contributed by atoms with E-state index < -0.39 is 0 Å². The maximum Gasteiger partial charge on any atom is 0.0431 e. The number of aliphatic hydroxyl groups is 1. The van der Waals surface area contributed by atoms with E-state index in [1.807, 2.05) is 0 Å². The fourth-order valence-corrected chi connectivity index (χ4v) is 3.39. The summed E-state index contributed by atoms with van der Waals surface area (Å²) in [6.07, 6.45) is 22.1. The smallest absolute Gasteiger partial charge is 0.0431 e. The number of unbranched alkanes of at least 4 members (excludes halogenated alkanes) is 10. The SMILES string of the molecule is CCCC(CCC)CCCCCCCCCCCCCO. The van der Waals surface area contributed by atoms with E-state index >= 15 is 0 Å². The van der Waals surface area contributed by atoms with Crippen LogP contribution in [0.2, 0.25) is 0 Å². The van der Waals surface area contributed by atoms with Crippen molar-refractivity contribution in [3.05, 3.63) is 0 Å². The van der Waals surface area contributed by atoms with Crippen LogP contribution in [0.25, 0.3) is 0 Å². The molecule has 0 aromatic rings. The first kappa shape index (κ1) is 21.0. The Labute approximate surface area is 134 Å². The summed E-state index contributed by atoms with van der Waals surface area (Å²) in [5.41, 5.74) is 0. The van der Waals surface area contributed by atoms with Gasteiger partial charge in [-0.05, 0) is 12.3 Å². The molecule has 0 aliphatic carbocycles. The van der Waals surface area contributed by atoms with Crippen molar-refractivity contribution in [2.45, 2.75) is 117 Å². The lowest BCUT2D eigenvalue weighted by Crippen LogP contribution is -1.99. The largest absolute Gasteiger partial charge is 0.396 e. The number of hydrogen-bond donors (Lipinski definition) is 1. The molecule has 0 atom stereocenters. The third-order valence-corrected chi connectivity index (χ3v) is 4.66. The molecule has 0 unspecified atom stereocenters. The molecule has 0 bridgehead atoms. The molecule has 1 nitrogen and oxygen atoms in total. The Morgan fingerprint density at radius 3 is 1.29 bits per heavy atom. The second kappa shape index (κ2) is 18.0. The minimum absolute atomic E-state index is 0.372. The predicted octanol–water partition coefficient (Wildman–Crippen LogP) is 6.88. The van der Waals surface area contributed by atoms with Crippen LogP contribution < -0.4 is 0 Å². The lowest BCUT2D eigenvalue weighted by atomic mass is 9.92. The highest BCUT2D eigenvalue weighted by Gasteiger charge is 2.05. The molecule has 0 spiro atoms. The van der Waals surface area contributed by atoms with Gasteiger partial charge in [-0.25, -0.2) is 0 Å². The van der Waals surface area contributed by atoms with Crippen molar-refractivity contribution in [2.24, 2.45) is 5.92 Å². The third kappa shape index (κ3) is 16.2. The number of rotatable bonds is 17. The fraction of sp³-hybridized carbons (Fsp3) is 1.00. The van der Waals surface area contributed by atoms with Crippen molar-refractivity contribution in [3.63, 3.8) is 0 Å². The molecule has 1 heteroatoms. The van der Waals surface area contributed by atoms with Crippen LogP contribution in [-0.4, -0.2) is 11.7 Å². The molecule has 21 heavy (non-hydrogen) atoms. The first-order chi connectivity index (χ1) is 10.3. The molecule has 0 rings (SSSR count). The van der Waals surface area contributed by atoms with E-state index in [0.29, 0.717) is 6.61 Å². The number of aliphatic hydroxyl groups excluding tert-OH is 1. The van der Waals surface area contributed by atoms with Crippen LogP contribution in [0.5, 0.6) is 0 Å². The van der Waals surface area contributed by atoms with Crippen LogP contribution in [0.15, 0.2) is 0 Å². The molecule has 0 radical (unpaired) electrons. The van der Waals surface area contributed by atoms with Gasteiger partial charge in [-0.15, -0.1) is 0 Å². The molecule has 0 aliphatic heterocycles. The van der Waals surface area contributed by atoms with E-state index in [-0.39, 0.29) is 0 Å². The topological polar surface area (TPSA) is 20.2 Å². The Bertz CT molecular complexity index is 173. The molecular weight excluding hydrogens is 256 g/mol.